The molecule has 1 unspecified atom stereocenters. The van der Waals surface area contributed by atoms with Crippen molar-refractivity contribution in [2.24, 2.45) is 0 Å². The summed E-state index contributed by atoms with van der Waals surface area (Å²) in [5.74, 6) is 2.68. The van der Waals surface area contributed by atoms with Gasteiger partial charge in [-0.3, -0.25) is 4.79 Å². The Labute approximate surface area is 229 Å². The number of para-hydroxylation sites is 1. The Morgan fingerprint density at radius 3 is 2.63 bits per heavy atom. The largest absolute Gasteiger partial charge is 0.490 e. The average Bonchev–Trinajstić information content (AvgIpc) is 3.31. The van der Waals surface area contributed by atoms with Gasteiger partial charge in [0.1, 0.15) is 6.04 Å². The zero-order valence-corrected chi connectivity index (χ0v) is 23.7. The minimum atomic E-state index is -0.498. The average molecular weight is 536 g/mol. The lowest BCUT2D eigenvalue weighted by atomic mass is 9.94. The molecule has 0 saturated carbocycles. The van der Waals surface area contributed by atoms with Crippen LogP contribution in [-0.4, -0.2) is 39.6 Å². The third-order valence-electron chi connectivity index (χ3n) is 6.25. The van der Waals surface area contributed by atoms with E-state index < -0.39 is 6.04 Å². The SMILES string of the molecule is CCCCOc1ccc(C2C(C(=O)Nc3ccccc3C)=C(C)Nc3nc(SCCC)nn32)cc1OCC. The maximum Gasteiger partial charge on any atom is 0.255 e. The third kappa shape index (κ3) is 6.15. The van der Waals surface area contributed by atoms with Gasteiger partial charge >= 0.3 is 0 Å². The number of carbonyl (C=O) groups is 1. The zero-order valence-electron chi connectivity index (χ0n) is 22.8. The molecular weight excluding hydrogens is 498 g/mol. The Kier molecular flexibility index (Phi) is 9.33. The second-order valence-corrected chi connectivity index (χ2v) is 10.2. The highest BCUT2D eigenvalue weighted by Crippen LogP contribution is 2.40. The molecule has 1 aromatic heterocycles. The summed E-state index contributed by atoms with van der Waals surface area (Å²) in [5.41, 5.74) is 3.93. The molecule has 0 radical (unpaired) electrons. The topological polar surface area (TPSA) is 90.3 Å². The molecule has 1 amide bonds. The summed E-state index contributed by atoms with van der Waals surface area (Å²) in [6, 6.07) is 13.1. The molecule has 2 N–H and O–H groups in total. The number of nitrogens with one attached hydrogen (secondary N) is 2. The molecule has 1 aliphatic heterocycles. The monoisotopic (exact) mass is 535 g/mol. The van der Waals surface area contributed by atoms with Crippen molar-refractivity contribution in [3.8, 4) is 11.5 Å². The minimum Gasteiger partial charge on any atom is -0.490 e. The number of hydrogen-bond donors (Lipinski definition) is 2. The Hall–Kier alpha value is -3.46. The zero-order chi connectivity index (χ0) is 27.1. The highest BCUT2D eigenvalue weighted by Gasteiger charge is 2.35. The van der Waals surface area contributed by atoms with Crippen LogP contribution in [0.15, 0.2) is 58.9 Å². The van der Waals surface area contributed by atoms with Crippen LogP contribution >= 0.6 is 11.8 Å². The molecule has 202 valence electrons. The molecule has 0 fully saturated rings. The number of unbranched alkanes of at least 4 members (excludes halogenated alkanes) is 1. The van der Waals surface area contributed by atoms with Crippen molar-refractivity contribution in [3.63, 3.8) is 0 Å². The summed E-state index contributed by atoms with van der Waals surface area (Å²) in [4.78, 5) is 18.5. The Bertz CT molecular complexity index is 1300. The molecule has 2 aromatic carbocycles. The second-order valence-electron chi connectivity index (χ2n) is 9.19. The van der Waals surface area contributed by atoms with Gasteiger partial charge in [0.25, 0.3) is 5.91 Å². The number of ether oxygens (including phenoxy) is 2. The standard InChI is InChI=1S/C29H37N5O3S/c1-6-9-16-37-23-15-14-21(18-24(23)36-8-3)26-25(27(35)31-22-13-11-10-12-19(22)4)20(5)30-28-32-29(33-34(26)28)38-17-7-2/h10-15,18,26H,6-9,16-17H2,1-5H3,(H,31,35)(H,30,32,33). The normalized spacial score (nSPS) is 14.6. The summed E-state index contributed by atoms with van der Waals surface area (Å²) in [7, 11) is 0. The van der Waals surface area contributed by atoms with E-state index in [0.717, 1.165) is 47.5 Å². The van der Waals surface area contributed by atoms with Gasteiger partial charge in [0.2, 0.25) is 11.1 Å². The van der Waals surface area contributed by atoms with Crippen molar-refractivity contribution in [2.75, 3.05) is 29.6 Å². The van der Waals surface area contributed by atoms with Gasteiger partial charge < -0.3 is 20.1 Å². The molecule has 2 heterocycles. The lowest BCUT2D eigenvalue weighted by Gasteiger charge is -2.29. The number of hydrogen-bond acceptors (Lipinski definition) is 7. The van der Waals surface area contributed by atoms with Crippen LogP contribution in [0.5, 0.6) is 11.5 Å². The van der Waals surface area contributed by atoms with Crippen molar-refractivity contribution < 1.29 is 14.3 Å². The number of nitrogens with zero attached hydrogens (tertiary/aromatic N) is 3. The first kappa shape index (κ1) is 27.6. The Morgan fingerprint density at radius 2 is 1.89 bits per heavy atom. The number of carbonyl (C=O) groups excluding carboxylic acids is 1. The second kappa shape index (κ2) is 12.9. The predicted octanol–water partition coefficient (Wildman–Crippen LogP) is 6.59. The van der Waals surface area contributed by atoms with Gasteiger partial charge in [0.15, 0.2) is 11.5 Å². The molecule has 0 aliphatic carbocycles. The maximum absolute atomic E-state index is 13.8. The highest BCUT2D eigenvalue weighted by molar-refractivity contribution is 7.99. The van der Waals surface area contributed by atoms with E-state index in [0.29, 0.717) is 41.4 Å². The molecule has 0 saturated heterocycles. The predicted molar refractivity (Wildman–Crippen MR) is 153 cm³/mol. The van der Waals surface area contributed by atoms with E-state index in [1.54, 1.807) is 16.4 Å². The molecule has 0 spiro atoms. The van der Waals surface area contributed by atoms with Crippen LogP contribution < -0.4 is 20.1 Å². The van der Waals surface area contributed by atoms with Crippen molar-refractivity contribution in [3.05, 3.63) is 64.9 Å². The number of allylic oxidation sites excluding steroid dienone is 1. The quantitative estimate of drug-likeness (QED) is 0.200. The van der Waals surface area contributed by atoms with Crippen LogP contribution in [0, 0.1) is 6.92 Å². The molecule has 4 rings (SSSR count). The van der Waals surface area contributed by atoms with Crippen molar-refractivity contribution in [1.82, 2.24) is 14.8 Å². The van der Waals surface area contributed by atoms with E-state index in [-0.39, 0.29) is 5.91 Å². The van der Waals surface area contributed by atoms with Gasteiger partial charge in [-0.2, -0.15) is 4.98 Å². The summed E-state index contributed by atoms with van der Waals surface area (Å²) in [6.07, 6.45) is 3.03. The smallest absolute Gasteiger partial charge is 0.255 e. The number of aromatic nitrogens is 3. The van der Waals surface area contributed by atoms with Crippen molar-refractivity contribution in [2.45, 2.75) is 65.1 Å². The fraction of sp³-hybridized carbons (Fsp3) is 0.414. The minimum absolute atomic E-state index is 0.195. The number of benzene rings is 2. The molecule has 38 heavy (non-hydrogen) atoms. The van der Waals surface area contributed by atoms with Gasteiger partial charge in [-0.1, -0.05) is 56.3 Å². The molecule has 1 aliphatic rings. The molecule has 8 nitrogen and oxygen atoms in total. The number of fused-ring (bicyclic) bond motifs is 1. The van der Waals surface area contributed by atoms with Crippen molar-refractivity contribution in [1.29, 1.82) is 0 Å². The molecule has 0 bridgehead atoms. The summed E-state index contributed by atoms with van der Waals surface area (Å²) in [6.45, 7) is 11.2. The van der Waals surface area contributed by atoms with Gasteiger partial charge in [0, 0.05) is 17.1 Å². The number of rotatable bonds is 12. The Balaban J connectivity index is 1.77. The van der Waals surface area contributed by atoms with Gasteiger partial charge in [-0.15, -0.1) is 5.10 Å². The fourth-order valence-electron chi connectivity index (χ4n) is 4.30. The van der Waals surface area contributed by atoms with Gasteiger partial charge in [-0.25, -0.2) is 4.68 Å². The summed E-state index contributed by atoms with van der Waals surface area (Å²) < 4.78 is 13.8. The lowest BCUT2D eigenvalue weighted by Crippen LogP contribution is -2.31. The Morgan fingerprint density at radius 1 is 1.08 bits per heavy atom. The number of anilines is 2. The van der Waals surface area contributed by atoms with E-state index in [2.05, 4.69) is 24.5 Å². The van der Waals surface area contributed by atoms with Crippen LogP contribution in [0.2, 0.25) is 0 Å². The van der Waals surface area contributed by atoms with Crippen LogP contribution in [0.25, 0.3) is 0 Å². The van der Waals surface area contributed by atoms with Crippen LogP contribution in [0.4, 0.5) is 11.6 Å². The summed E-state index contributed by atoms with van der Waals surface area (Å²) >= 11 is 1.60. The number of aryl methyl sites for hydroxylation is 1. The maximum atomic E-state index is 13.8. The number of amides is 1. The van der Waals surface area contributed by atoms with E-state index in [1.165, 1.54) is 0 Å². The lowest BCUT2D eigenvalue weighted by molar-refractivity contribution is -0.113. The van der Waals surface area contributed by atoms with Crippen LogP contribution in [-0.2, 0) is 4.79 Å². The van der Waals surface area contributed by atoms with Gasteiger partial charge in [0.05, 0.1) is 18.8 Å². The molecule has 9 heteroatoms. The fourth-order valence-corrected chi connectivity index (χ4v) is 4.98. The highest BCUT2D eigenvalue weighted by atomic mass is 32.2. The first-order valence-corrected chi connectivity index (χ1v) is 14.3. The van der Waals surface area contributed by atoms with Crippen LogP contribution in [0.1, 0.15) is 64.1 Å². The van der Waals surface area contributed by atoms with Crippen LogP contribution in [0.3, 0.4) is 0 Å². The number of thioether (sulfide) groups is 1. The molecule has 3 aromatic rings. The van der Waals surface area contributed by atoms with E-state index in [9.17, 15) is 4.79 Å². The summed E-state index contributed by atoms with van der Waals surface area (Å²) in [5, 5.41) is 11.9. The molecular formula is C29H37N5O3S. The first-order chi connectivity index (χ1) is 18.5. The van der Waals surface area contributed by atoms with E-state index >= 15 is 0 Å². The molecule has 1 atom stereocenters. The third-order valence-corrected chi connectivity index (χ3v) is 7.29. The first-order valence-electron chi connectivity index (χ1n) is 13.3. The van der Waals surface area contributed by atoms with E-state index in [4.69, 9.17) is 19.6 Å². The van der Waals surface area contributed by atoms with E-state index in [1.807, 2.05) is 63.2 Å². The van der Waals surface area contributed by atoms with Gasteiger partial charge in [-0.05, 0) is 62.9 Å². The van der Waals surface area contributed by atoms with Crippen molar-refractivity contribution >= 4 is 29.3 Å².